The summed E-state index contributed by atoms with van der Waals surface area (Å²) < 4.78 is 44.4. The smallest absolute Gasteiger partial charge is 0.254 e. The van der Waals surface area contributed by atoms with Gasteiger partial charge >= 0.3 is 0 Å². The molecule has 4 aromatic rings. The van der Waals surface area contributed by atoms with E-state index < -0.39 is 17.2 Å². The SMILES string of the molecule is O=C(c1ccc(N[S+]([O-])c2cccc3cccnc23)c(F)c1)N1CCN(Cc2ccccc2F)CC1. The van der Waals surface area contributed by atoms with Crippen molar-refractivity contribution in [2.75, 3.05) is 30.9 Å². The Kier molecular flexibility index (Phi) is 7.13. The van der Waals surface area contributed by atoms with Crippen molar-refractivity contribution in [1.29, 1.82) is 0 Å². The number of halogens is 2. The molecule has 0 aliphatic carbocycles. The Bertz CT molecular complexity index is 1390. The molecule has 0 radical (unpaired) electrons. The number of benzene rings is 3. The first-order valence-corrected chi connectivity index (χ1v) is 12.7. The lowest BCUT2D eigenvalue weighted by atomic mass is 10.1. The molecule has 9 heteroatoms. The minimum atomic E-state index is -1.74. The number of carbonyl (C=O) groups excluding carboxylic acids is 1. The first-order chi connectivity index (χ1) is 17.5. The van der Waals surface area contributed by atoms with Crippen molar-refractivity contribution in [2.45, 2.75) is 11.4 Å². The molecule has 1 amide bonds. The van der Waals surface area contributed by atoms with Gasteiger partial charge in [0.15, 0.2) is 5.82 Å². The summed E-state index contributed by atoms with van der Waals surface area (Å²) >= 11 is -1.74. The van der Waals surface area contributed by atoms with E-state index in [1.54, 1.807) is 47.5 Å². The van der Waals surface area contributed by atoms with Gasteiger partial charge in [-0.1, -0.05) is 36.4 Å². The van der Waals surface area contributed by atoms with Crippen molar-refractivity contribution < 1.29 is 18.1 Å². The van der Waals surface area contributed by atoms with Crippen LogP contribution in [0.2, 0.25) is 0 Å². The van der Waals surface area contributed by atoms with Crippen LogP contribution in [0.25, 0.3) is 10.9 Å². The molecule has 1 aliphatic rings. The van der Waals surface area contributed by atoms with Crippen molar-refractivity contribution in [2.24, 2.45) is 0 Å². The maximum absolute atomic E-state index is 14.9. The van der Waals surface area contributed by atoms with E-state index in [0.29, 0.717) is 48.7 Å². The first-order valence-electron chi connectivity index (χ1n) is 11.6. The Morgan fingerprint density at radius 1 is 0.944 bits per heavy atom. The molecule has 6 nitrogen and oxygen atoms in total. The van der Waals surface area contributed by atoms with Gasteiger partial charge in [0, 0.05) is 55.4 Å². The van der Waals surface area contributed by atoms with Crippen molar-refractivity contribution in [1.82, 2.24) is 14.8 Å². The van der Waals surface area contributed by atoms with Gasteiger partial charge in [0.05, 0.1) is 0 Å². The maximum Gasteiger partial charge on any atom is 0.254 e. The van der Waals surface area contributed by atoms with Crippen LogP contribution >= 0.6 is 0 Å². The fourth-order valence-electron chi connectivity index (χ4n) is 4.27. The minimum Gasteiger partial charge on any atom is -0.588 e. The monoisotopic (exact) mass is 506 g/mol. The molecule has 3 aromatic carbocycles. The molecule has 1 fully saturated rings. The average molecular weight is 507 g/mol. The number of amides is 1. The van der Waals surface area contributed by atoms with Gasteiger partial charge in [0.2, 0.25) is 4.90 Å². The average Bonchev–Trinajstić information content (AvgIpc) is 2.91. The van der Waals surface area contributed by atoms with Gasteiger partial charge in [-0.25, -0.2) is 13.5 Å². The lowest BCUT2D eigenvalue weighted by molar-refractivity contribution is 0.0626. The second kappa shape index (κ2) is 10.6. The molecule has 5 rings (SSSR count). The number of fused-ring (bicyclic) bond motifs is 1. The molecule has 2 heterocycles. The number of piperazine rings is 1. The van der Waals surface area contributed by atoms with Gasteiger partial charge in [-0.15, -0.1) is 0 Å². The predicted octanol–water partition coefficient (Wildman–Crippen LogP) is 4.61. The van der Waals surface area contributed by atoms with Crippen LogP contribution < -0.4 is 4.72 Å². The van der Waals surface area contributed by atoms with Crippen LogP contribution in [-0.2, 0) is 17.9 Å². The number of carbonyl (C=O) groups is 1. The Morgan fingerprint density at radius 2 is 1.72 bits per heavy atom. The van der Waals surface area contributed by atoms with Crippen LogP contribution in [0.15, 0.2) is 83.9 Å². The minimum absolute atomic E-state index is 0.0347. The third kappa shape index (κ3) is 5.18. The van der Waals surface area contributed by atoms with Crippen molar-refractivity contribution in [3.05, 3.63) is 102 Å². The number of hydrogen-bond donors (Lipinski definition) is 1. The van der Waals surface area contributed by atoms with Crippen LogP contribution in [-0.4, -0.2) is 51.4 Å². The van der Waals surface area contributed by atoms with Crippen molar-refractivity contribution >= 4 is 33.9 Å². The molecule has 0 saturated carbocycles. The van der Waals surface area contributed by atoms with E-state index >= 15 is 0 Å². The van der Waals surface area contributed by atoms with Gasteiger partial charge in [-0.2, -0.15) is 0 Å². The van der Waals surface area contributed by atoms with Crippen LogP contribution in [0.1, 0.15) is 15.9 Å². The highest BCUT2D eigenvalue weighted by Crippen LogP contribution is 2.25. The molecule has 1 atom stereocenters. The van der Waals surface area contributed by atoms with Crippen LogP contribution in [0.3, 0.4) is 0 Å². The van der Waals surface area contributed by atoms with Gasteiger partial charge in [-0.05, 0) is 36.4 Å². The number of pyridine rings is 1. The summed E-state index contributed by atoms with van der Waals surface area (Å²) in [6.45, 7) is 2.60. The molecule has 1 aromatic heterocycles. The number of aromatic nitrogens is 1. The molecular weight excluding hydrogens is 482 g/mol. The van der Waals surface area contributed by atoms with E-state index in [1.165, 1.54) is 18.2 Å². The second-order valence-corrected chi connectivity index (χ2v) is 9.74. The van der Waals surface area contributed by atoms with E-state index in [9.17, 15) is 18.1 Å². The van der Waals surface area contributed by atoms with E-state index in [-0.39, 0.29) is 23.0 Å². The predicted molar refractivity (Wildman–Crippen MR) is 136 cm³/mol. The van der Waals surface area contributed by atoms with Gasteiger partial charge in [0.1, 0.15) is 28.4 Å². The number of anilines is 1. The fourth-order valence-corrected chi connectivity index (χ4v) is 5.29. The Morgan fingerprint density at radius 3 is 2.50 bits per heavy atom. The lowest BCUT2D eigenvalue weighted by Gasteiger charge is -2.34. The fraction of sp³-hybridized carbons (Fsp3) is 0.185. The largest absolute Gasteiger partial charge is 0.588 e. The molecular formula is C27H24F2N4O2S. The standard InChI is InChI=1S/C27H24F2N4O2S/c28-22-8-2-1-5-21(22)18-32-13-15-33(16-14-32)27(34)20-10-11-24(23(29)17-20)31-36(35)25-9-3-6-19-7-4-12-30-26(19)25/h1-12,17,31H,13-16,18H2. The summed E-state index contributed by atoms with van der Waals surface area (Å²) in [6.07, 6.45) is 1.61. The number of rotatable bonds is 6. The van der Waals surface area contributed by atoms with Crippen LogP contribution in [0, 0.1) is 11.6 Å². The number of para-hydroxylation sites is 1. The lowest BCUT2D eigenvalue weighted by Crippen LogP contribution is -2.48. The summed E-state index contributed by atoms with van der Waals surface area (Å²) in [5, 5.41) is 0.834. The van der Waals surface area contributed by atoms with Crippen LogP contribution in [0.5, 0.6) is 0 Å². The highest BCUT2D eigenvalue weighted by atomic mass is 32.2. The molecule has 1 unspecified atom stereocenters. The van der Waals surface area contributed by atoms with E-state index in [0.717, 1.165) is 11.5 Å². The van der Waals surface area contributed by atoms with E-state index in [2.05, 4.69) is 14.6 Å². The Balaban J connectivity index is 1.22. The van der Waals surface area contributed by atoms with Gasteiger partial charge < -0.3 is 9.45 Å². The highest BCUT2D eigenvalue weighted by Gasteiger charge is 2.24. The third-order valence-electron chi connectivity index (χ3n) is 6.23. The van der Waals surface area contributed by atoms with Crippen molar-refractivity contribution in [3.63, 3.8) is 0 Å². The summed E-state index contributed by atoms with van der Waals surface area (Å²) in [5.41, 5.74) is 1.46. The third-order valence-corrected chi connectivity index (χ3v) is 7.36. The Labute approximate surface area is 210 Å². The topological polar surface area (TPSA) is 71.5 Å². The molecule has 0 bridgehead atoms. The number of nitrogens with zero attached hydrogens (tertiary/aromatic N) is 3. The quantitative estimate of drug-likeness (QED) is 0.387. The normalized spacial score (nSPS) is 15.1. The first kappa shape index (κ1) is 24.2. The molecule has 36 heavy (non-hydrogen) atoms. The zero-order valence-corrected chi connectivity index (χ0v) is 20.2. The van der Waals surface area contributed by atoms with E-state index in [4.69, 9.17) is 0 Å². The zero-order chi connectivity index (χ0) is 25.1. The van der Waals surface area contributed by atoms with Crippen molar-refractivity contribution in [3.8, 4) is 0 Å². The molecule has 1 saturated heterocycles. The number of hydrogen-bond acceptors (Lipinski definition) is 5. The molecule has 1 aliphatic heterocycles. The molecule has 184 valence electrons. The van der Waals surface area contributed by atoms with Gasteiger partial charge in [0.25, 0.3) is 5.91 Å². The summed E-state index contributed by atoms with van der Waals surface area (Å²) in [4.78, 5) is 21.5. The Hall–Kier alpha value is -3.53. The summed E-state index contributed by atoms with van der Waals surface area (Å²) in [5.74, 6) is -1.18. The maximum atomic E-state index is 14.9. The zero-order valence-electron chi connectivity index (χ0n) is 19.4. The molecule has 0 spiro atoms. The second-order valence-electron chi connectivity index (χ2n) is 8.56. The highest BCUT2D eigenvalue weighted by molar-refractivity contribution is 7.93. The van der Waals surface area contributed by atoms with E-state index in [1.807, 2.05) is 12.1 Å². The summed E-state index contributed by atoms with van der Waals surface area (Å²) in [6, 6.07) is 19.8. The van der Waals surface area contributed by atoms with Crippen LogP contribution in [0.4, 0.5) is 14.5 Å². The number of nitrogens with one attached hydrogen (secondary N) is 1. The van der Waals surface area contributed by atoms with Gasteiger partial charge in [-0.3, -0.25) is 14.7 Å². The molecule has 1 N–H and O–H groups in total. The summed E-state index contributed by atoms with van der Waals surface area (Å²) in [7, 11) is 0.